The third-order valence-corrected chi connectivity index (χ3v) is 3.72. The Balaban J connectivity index is 2.41. The molecule has 1 heterocycles. The van der Waals surface area contributed by atoms with Crippen molar-refractivity contribution in [3.05, 3.63) is 51.6 Å². The Morgan fingerprint density at radius 1 is 1.47 bits per heavy atom. The van der Waals surface area contributed by atoms with E-state index in [1.165, 1.54) is 0 Å². The van der Waals surface area contributed by atoms with E-state index < -0.39 is 5.82 Å². The first kappa shape index (κ1) is 14.0. The Morgan fingerprint density at radius 2 is 2.16 bits per heavy atom. The van der Waals surface area contributed by atoms with Gasteiger partial charge in [-0.1, -0.05) is 36.0 Å². The summed E-state index contributed by atoms with van der Waals surface area (Å²) in [6, 6.07) is 4.97. The van der Waals surface area contributed by atoms with Gasteiger partial charge < -0.3 is 5.73 Å². The molecule has 0 unspecified atom stereocenters. The van der Waals surface area contributed by atoms with E-state index in [1.807, 2.05) is 13.8 Å². The fraction of sp³-hybridized carbons (Fsp3) is 0.231. The average molecular weight is 298 g/mol. The van der Waals surface area contributed by atoms with Gasteiger partial charge >= 0.3 is 0 Å². The van der Waals surface area contributed by atoms with Crippen LogP contribution < -0.4 is 5.73 Å². The summed E-state index contributed by atoms with van der Waals surface area (Å²) < 4.78 is 15.9. The Morgan fingerprint density at radius 3 is 2.68 bits per heavy atom. The summed E-state index contributed by atoms with van der Waals surface area (Å²) in [5.41, 5.74) is 7.74. The summed E-state index contributed by atoms with van der Waals surface area (Å²) in [6.07, 6.45) is 0. The quantitative estimate of drug-likeness (QED) is 0.886. The zero-order valence-corrected chi connectivity index (χ0v) is 12.1. The standard InChI is InChI=1S/C13H13ClFN3S/c1-7-11(14)8(2)18(17-7)6-9-4-3-5-10(12(9)15)13(16)19/h3-5H,6H2,1-2H3,(H2,16,19). The van der Waals surface area contributed by atoms with Gasteiger partial charge in [-0.3, -0.25) is 4.68 Å². The number of hydrogen-bond acceptors (Lipinski definition) is 2. The predicted molar refractivity (Wildman–Crippen MR) is 78.1 cm³/mol. The first-order valence-corrected chi connectivity index (χ1v) is 6.47. The predicted octanol–water partition coefficient (Wildman–Crippen LogP) is 2.97. The number of hydrogen-bond donors (Lipinski definition) is 1. The number of thiocarbonyl (C=S) groups is 1. The molecule has 0 atom stereocenters. The van der Waals surface area contributed by atoms with Crippen LogP contribution in [-0.4, -0.2) is 14.8 Å². The Bertz CT molecular complexity index is 652. The molecule has 3 nitrogen and oxygen atoms in total. The average Bonchev–Trinajstić information content (AvgIpc) is 2.59. The van der Waals surface area contributed by atoms with Crippen molar-refractivity contribution in [2.45, 2.75) is 20.4 Å². The smallest absolute Gasteiger partial charge is 0.138 e. The molecule has 2 rings (SSSR count). The molecule has 2 aromatic rings. The molecule has 0 spiro atoms. The van der Waals surface area contributed by atoms with Crippen molar-refractivity contribution in [2.24, 2.45) is 5.73 Å². The van der Waals surface area contributed by atoms with Gasteiger partial charge in [-0.05, 0) is 19.9 Å². The second kappa shape index (κ2) is 5.27. The Hall–Kier alpha value is -1.46. The van der Waals surface area contributed by atoms with Crippen LogP contribution in [0.2, 0.25) is 5.02 Å². The van der Waals surface area contributed by atoms with Crippen molar-refractivity contribution in [2.75, 3.05) is 0 Å². The third kappa shape index (κ3) is 2.62. The maximum absolute atomic E-state index is 14.2. The van der Waals surface area contributed by atoms with E-state index in [1.54, 1.807) is 22.9 Å². The molecule has 0 saturated heterocycles. The number of halogens is 2. The molecule has 2 N–H and O–H groups in total. The molecular formula is C13H13ClFN3S. The van der Waals surface area contributed by atoms with Crippen LogP contribution in [0.4, 0.5) is 4.39 Å². The van der Waals surface area contributed by atoms with Gasteiger partial charge in [-0.2, -0.15) is 5.10 Å². The first-order valence-electron chi connectivity index (χ1n) is 5.68. The zero-order valence-electron chi connectivity index (χ0n) is 10.6. The molecule has 0 radical (unpaired) electrons. The van der Waals surface area contributed by atoms with E-state index >= 15 is 0 Å². The van der Waals surface area contributed by atoms with E-state index in [2.05, 4.69) is 5.10 Å². The van der Waals surface area contributed by atoms with Crippen LogP contribution >= 0.6 is 23.8 Å². The molecule has 0 amide bonds. The van der Waals surface area contributed by atoms with Gasteiger partial charge in [0.25, 0.3) is 0 Å². The molecule has 0 saturated carbocycles. The molecule has 19 heavy (non-hydrogen) atoms. The summed E-state index contributed by atoms with van der Waals surface area (Å²) in [5.74, 6) is -0.404. The minimum atomic E-state index is -0.404. The van der Waals surface area contributed by atoms with Crippen LogP contribution in [0.5, 0.6) is 0 Å². The maximum atomic E-state index is 14.2. The monoisotopic (exact) mass is 297 g/mol. The van der Waals surface area contributed by atoms with Crippen molar-refractivity contribution in [1.82, 2.24) is 9.78 Å². The Kier molecular flexibility index (Phi) is 3.87. The fourth-order valence-corrected chi connectivity index (χ4v) is 2.18. The van der Waals surface area contributed by atoms with Gasteiger partial charge in [-0.25, -0.2) is 4.39 Å². The molecule has 0 aliphatic carbocycles. The van der Waals surface area contributed by atoms with E-state index in [4.69, 9.17) is 29.6 Å². The van der Waals surface area contributed by atoms with E-state index in [-0.39, 0.29) is 10.6 Å². The SMILES string of the molecule is Cc1nn(Cc2cccc(C(N)=S)c2F)c(C)c1Cl. The largest absolute Gasteiger partial charge is 0.389 e. The highest BCUT2D eigenvalue weighted by molar-refractivity contribution is 7.80. The lowest BCUT2D eigenvalue weighted by Crippen LogP contribution is -2.14. The van der Waals surface area contributed by atoms with Gasteiger partial charge in [0.1, 0.15) is 10.8 Å². The second-order valence-electron chi connectivity index (χ2n) is 4.29. The molecular weight excluding hydrogens is 285 g/mol. The van der Waals surface area contributed by atoms with Crippen molar-refractivity contribution < 1.29 is 4.39 Å². The number of benzene rings is 1. The summed E-state index contributed by atoms with van der Waals surface area (Å²) in [6.45, 7) is 3.95. The van der Waals surface area contributed by atoms with E-state index in [0.717, 1.165) is 11.4 Å². The number of nitrogens with two attached hydrogens (primary N) is 1. The van der Waals surface area contributed by atoms with Gasteiger partial charge in [0.2, 0.25) is 0 Å². The highest BCUT2D eigenvalue weighted by Crippen LogP contribution is 2.21. The fourth-order valence-electron chi connectivity index (χ4n) is 1.88. The van der Waals surface area contributed by atoms with Crippen LogP contribution in [-0.2, 0) is 6.54 Å². The minimum Gasteiger partial charge on any atom is -0.389 e. The van der Waals surface area contributed by atoms with Crippen LogP contribution in [0.3, 0.4) is 0 Å². The lowest BCUT2D eigenvalue weighted by atomic mass is 10.1. The molecule has 6 heteroatoms. The van der Waals surface area contributed by atoms with Gasteiger partial charge in [-0.15, -0.1) is 0 Å². The summed E-state index contributed by atoms with van der Waals surface area (Å²) in [5, 5.41) is 4.88. The van der Waals surface area contributed by atoms with Crippen LogP contribution in [0, 0.1) is 19.7 Å². The molecule has 100 valence electrons. The molecule has 1 aromatic heterocycles. The van der Waals surface area contributed by atoms with Gasteiger partial charge in [0.15, 0.2) is 0 Å². The number of aryl methyl sites for hydroxylation is 1. The number of aromatic nitrogens is 2. The Labute approximate surface area is 121 Å². The summed E-state index contributed by atoms with van der Waals surface area (Å²) in [7, 11) is 0. The number of rotatable bonds is 3. The summed E-state index contributed by atoms with van der Waals surface area (Å²) >= 11 is 10.9. The van der Waals surface area contributed by atoms with Crippen LogP contribution in [0.1, 0.15) is 22.5 Å². The number of nitrogens with zero attached hydrogens (tertiary/aromatic N) is 2. The van der Waals surface area contributed by atoms with Gasteiger partial charge in [0.05, 0.1) is 23.0 Å². The zero-order chi connectivity index (χ0) is 14.2. The van der Waals surface area contributed by atoms with Crippen molar-refractivity contribution in [3.8, 4) is 0 Å². The van der Waals surface area contributed by atoms with Crippen LogP contribution in [0.15, 0.2) is 18.2 Å². The van der Waals surface area contributed by atoms with E-state index in [0.29, 0.717) is 17.1 Å². The topological polar surface area (TPSA) is 43.8 Å². The minimum absolute atomic E-state index is 0.0470. The highest BCUT2D eigenvalue weighted by atomic mass is 35.5. The third-order valence-electron chi connectivity index (χ3n) is 2.96. The molecule has 0 aliphatic heterocycles. The second-order valence-corrected chi connectivity index (χ2v) is 5.10. The van der Waals surface area contributed by atoms with Crippen molar-refractivity contribution in [1.29, 1.82) is 0 Å². The van der Waals surface area contributed by atoms with E-state index in [9.17, 15) is 4.39 Å². The maximum Gasteiger partial charge on any atom is 0.138 e. The molecule has 0 bridgehead atoms. The molecule has 1 aromatic carbocycles. The lowest BCUT2D eigenvalue weighted by Gasteiger charge is -2.09. The van der Waals surface area contributed by atoms with Crippen molar-refractivity contribution >= 4 is 28.8 Å². The highest BCUT2D eigenvalue weighted by Gasteiger charge is 2.14. The van der Waals surface area contributed by atoms with Crippen molar-refractivity contribution in [3.63, 3.8) is 0 Å². The summed E-state index contributed by atoms with van der Waals surface area (Å²) in [4.78, 5) is 0.0470. The molecule has 0 fully saturated rings. The van der Waals surface area contributed by atoms with Gasteiger partial charge in [0, 0.05) is 11.1 Å². The molecule has 0 aliphatic rings. The van der Waals surface area contributed by atoms with Crippen LogP contribution in [0.25, 0.3) is 0 Å². The lowest BCUT2D eigenvalue weighted by molar-refractivity contribution is 0.577. The first-order chi connectivity index (χ1) is 8.91. The normalized spacial score (nSPS) is 10.7.